The fraction of sp³-hybridized carbons (Fsp3) is 0.692. The van der Waals surface area contributed by atoms with Crippen LogP contribution in [0.15, 0.2) is 0 Å². The molecule has 1 saturated heterocycles. The SMILES string of the molecule is CC(C)(CC#N)CC(=O)C(C#N)=S1CCCC1. The highest BCUT2D eigenvalue weighted by Crippen LogP contribution is 2.30. The fourth-order valence-corrected chi connectivity index (χ4v) is 4.18. The molecule has 0 aliphatic carbocycles. The van der Waals surface area contributed by atoms with Crippen LogP contribution in [0.4, 0.5) is 0 Å². The monoisotopic (exact) mass is 250 g/mol. The van der Waals surface area contributed by atoms with Crippen molar-refractivity contribution in [3.63, 3.8) is 0 Å². The lowest BCUT2D eigenvalue weighted by molar-refractivity contribution is -0.114. The molecule has 1 fully saturated rings. The summed E-state index contributed by atoms with van der Waals surface area (Å²) in [4.78, 5) is 12.6. The van der Waals surface area contributed by atoms with Gasteiger partial charge in [-0.1, -0.05) is 13.8 Å². The van der Waals surface area contributed by atoms with Gasteiger partial charge in [-0.25, -0.2) is 0 Å². The third kappa shape index (κ3) is 3.98. The van der Waals surface area contributed by atoms with Crippen molar-refractivity contribution in [2.45, 2.75) is 39.5 Å². The van der Waals surface area contributed by atoms with Gasteiger partial charge in [-0.3, -0.25) is 4.79 Å². The average Bonchev–Trinajstić information content (AvgIpc) is 2.70. The molecule has 3 nitrogen and oxygen atoms in total. The highest BCUT2D eigenvalue weighted by Gasteiger charge is 2.26. The van der Waals surface area contributed by atoms with Crippen LogP contribution in [0.1, 0.15) is 39.5 Å². The summed E-state index contributed by atoms with van der Waals surface area (Å²) in [5, 5.41) is 17.8. The topological polar surface area (TPSA) is 64.7 Å². The molecule has 1 aliphatic heterocycles. The van der Waals surface area contributed by atoms with Gasteiger partial charge >= 0.3 is 0 Å². The zero-order valence-electron chi connectivity index (χ0n) is 10.5. The summed E-state index contributed by atoms with van der Waals surface area (Å²) in [6.45, 7) is 3.81. The predicted molar refractivity (Wildman–Crippen MR) is 70.8 cm³/mol. The van der Waals surface area contributed by atoms with Crippen molar-refractivity contribution in [2.75, 3.05) is 11.5 Å². The Hall–Kier alpha value is -1.13. The second kappa shape index (κ2) is 5.98. The number of ketones is 1. The van der Waals surface area contributed by atoms with Crippen molar-refractivity contribution in [3.8, 4) is 12.1 Å². The van der Waals surface area contributed by atoms with E-state index in [1.807, 2.05) is 13.8 Å². The molecule has 0 amide bonds. The van der Waals surface area contributed by atoms with Gasteiger partial charge in [0.05, 0.1) is 6.07 Å². The Labute approximate surface area is 105 Å². The van der Waals surface area contributed by atoms with Gasteiger partial charge < -0.3 is 0 Å². The van der Waals surface area contributed by atoms with Crippen molar-refractivity contribution < 1.29 is 4.79 Å². The van der Waals surface area contributed by atoms with Gasteiger partial charge in [0.25, 0.3) is 0 Å². The van der Waals surface area contributed by atoms with Crippen LogP contribution < -0.4 is 0 Å². The van der Waals surface area contributed by atoms with Crippen LogP contribution in [0, 0.1) is 28.1 Å². The molecule has 0 bridgehead atoms. The van der Waals surface area contributed by atoms with Gasteiger partial charge in [0.1, 0.15) is 10.9 Å². The first-order valence-corrected chi connectivity index (χ1v) is 7.41. The summed E-state index contributed by atoms with van der Waals surface area (Å²) >= 11 is 0. The number of hydrogen-bond donors (Lipinski definition) is 0. The van der Waals surface area contributed by atoms with Gasteiger partial charge in [-0.2, -0.15) is 21.0 Å². The van der Waals surface area contributed by atoms with Gasteiger partial charge in [0, 0.05) is 12.8 Å². The van der Waals surface area contributed by atoms with E-state index in [1.54, 1.807) is 0 Å². The van der Waals surface area contributed by atoms with Crippen molar-refractivity contribution in [1.82, 2.24) is 0 Å². The molecule has 0 aromatic rings. The second-order valence-electron chi connectivity index (χ2n) is 5.15. The Morgan fingerprint density at radius 2 is 1.88 bits per heavy atom. The van der Waals surface area contributed by atoms with Crippen LogP contribution in [-0.2, 0) is 4.79 Å². The lowest BCUT2D eigenvalue weighted by atomic mass is 9.84. The molecule has 0 N–H and O–H groups in total. The van der Waals surface area contributed by atoms with E-state index in [4.69, 9.17) is 10.5 Å². The Bertz CT molecular complexity index is 416. The van der Waals surface area contributed by atoms with E-state index < -0.39 is 0 Å². The minimum Gasteiger partial charge on any atom is -0.293 e. The molecule has 92 valence electrons. The number of rotatable bonds is 4. The molecule has 1 heterocycles. The quantitative estimate of drug-likeness (QED) is 0.720. The third-order valence-corrected chi connectivity index (χ3v) is 5.33. The molecule has 0 aromatic carbocycles. The standard InChI is InChI=1S/C13H18N2OS/c1-13(2,5-6-14)9-11(16)12(10-15)17-7-3-4-8-17/h3-5,7-9H2,1-2H3. The molecular formula is C13H18N2OS. The molecule has 0 radical (unpaired) electrons. The minimum atomic E-state index is -0.322. The Morgan fingerprint density at radius 1 is 1.29 bits per heavy atom. The van der Waals surface area contributed by atoms with E-state index >= 15 is 0 Å². The van der Waals surface area contributed by atoms with Gasteiger partial charge in [-0.05, 0) is 29.8 Å². The molecule has 0 spiro atoms. The van der Waals surface area contributed by atoms with Crippen LogP contribution >= 0.6 is 10.5 Å². The maximum atomic E-state index is 12.1. The Balaban J connectivity index is 2.80. The lowest BCUT2D eigenvalue weighted by Crippen LogP contribution is -2.22. The third-order valence-electron chi connectivity index (χ3n) is 2.87. The Kier molecular flexibility index (Phi) is 4.90. The van der Waals surface area contributed by atoms with Crippen molar-refractivity contribution in [1.29, 1.82) is 10.5 Å². The maximum Gasteiger partial charge on any atom is 0.179 e. The zero-order chi connectivity index (χ0) is 12.9. The first-order valence-electron chi connectivity index (χ1n) is 5.85. The zero-order valence-corrected chi connectivity index (χ0v) is 11.3. The van der Waals surface area contributed by atoms with Crippen LogP contribution in [0.2, 0.25) is 0 Å². The van der Waals surface area contributed by atoms with Crippen LogP contribution in [0.3, 0.4) is 0 Å². The molecular weight excluding hydrogens is 232 g/mol. The molecule has 0 aromatic heterocycles. The van der Waals surface area contributed by atoms with E-state index in [1.165, 1.54) is 0 Å². The van der Waals surface area contributed by atoms with Crippen LogP contribution in [-0.4, -0.2) is 22.2 Å². The molecule has 1 rings (SSSR count). The lowest BCUT2D eigenvalue weighted by Gasteiger charge is -2.19. The van der Waals surface area contributed by atoms with Crippen LogP contribution in [0.5, 0.6) is 0 Å². The molecule has 0 unspecified atom stereocenters. The van der Waals surface area contributed by atoms with Crippen molar-refractivity contribution >= 4 is 21.1 Å². The fourth-order valence-electron chi connectivity index (χ4n) is 1.94. The summed E-state index contributed by atoms with van der Waals surface area (Å²) < 4.78 is 0. The summed E-state index contributed by atoms with van der Waals surface area (Å²) in [5.41, 5.74) is -0.322. The van der Waals surface area contributed by atoms with Gasteiger partial charge in [0.2, 0.25) is 0 Å². The molecule has 0 saturated carbocycles. The highest BCUT2D eigenvalue weighted by molar-refractivity contribution is 8.17. The summed E-state index contributed by atoms with van der Waals surface area (Å²) in [5.74, 6) is 1.94. The average molecular weight is 250 g/mol. The number of hydrogen-bond acceptors (Lipinski definition) is 3. The molecule has 17 heavy (non-hydrogen) atoms. The van der Waals surface area contributed by atoms with Gasteiger partial charge in [-0.15, -0.1) is 0 Å². The first-order chi connectivity index (χ1) is 8.00. The number of carbonyl (C=O) groups is 1. The summed E-state index contributed by atoms with van der Waals surface area (Å²) in [6, 6.07) is 4.20. The van der Waals surface area contributed by atoms with E-state index in [0.29, 0.717) is 17.7 Å². The highest BCUT2D eigenvalue weighted by atomic mass is 32.2. The smallest absolute Gasteiger partial charge is 0.179 e. The van der Waals surface area contributed by atoms with E-state index in [2.05, 4.69) is 12.1 Å². The van der Waals surface area contributed by atoms with Gasteiger partial charge in [0.15, 0.2) is 5.78 Å². The first kappa shape index (κ1) is 13.9. The van der Waals surface area contributed by atoms with Crippen molar-refractivity contribution in [3.05, 3.63) is 0 Å². The maximum absolute atomic E-state index is 12.1. The van der Waals surface area contributed by atoms with E-state index in [-0.39, 0.29) is 21.7 Å². The Morgan fingerprint density at radius 3 is 2.35 bits per heavy atom. The summed E-state index contributed by atoms with van der Waals surface area (Å²) in [6.07, 6.45) is 2.92. The predicted octanol–water partition coefficient (Wildman–Crippen LogP) is 2.64. The number of nitriles is 2. The minimum absolute atomic E-state index is 0.0435. The largest absolute Gasteiger partial charge is 0.293 e. The number of Topliss-reactive ketones (excluding diaryl/α,β-unsaturated/α-hetero) is 1. The normalized spacial score (nSPS) is 16.2. The van der Waals surface area contributed by atoms with Crippen molar-refractivity contribution in [2.24, 2.45) is 5.41 Å². The second-order valence-corrected chi connectivity index (χ2v) is 7.36. The van der Waals surface area contributed by atoms with Crippen LogP contribution in [0.25, 0.3) is 0 Å². The number of nitrogens with zero attached hydrogens (tertiary/aromatic N) is 2. The van der Waals surface area contributed by atoms with E-state index in [0.717, 1.165) is 24.3 Å². The molecule has 0 atom stereocenters. The summed E-state index contributed by atoms with van der Waals surface area (Å²) in [7, 11) is -0.111. The number of carbonyl (C=O) groups excluding carboxylic acids is 1. The molecule has 1 aliphatic rings. The van der Waals surface area contributed by atoms with E-state index in [9.17, 15) is 4.79 Å². The molecule has 4 heteroatoms.